The molecule has 2 heterocycles. The molecule has 0 fully saturated rings. The van der Waals surface area contributed by atoms with Gasteiger partial charge in [0.05, 0.1) is 12.7 Å². The van der Waals surface area contributed by atoms with E-state index in [4.69, 9.17) is 13.6 Å². The molecule has 0 aliphatic heterocycles. The van der Waals surface area contributed by atoms with Gasteiger partial charge in [-0.3, -0.25) is 4.79 Å². The van der Waals surface area contributed by atoms with Crippen LogP contribution in [0.2, 0.25) is 0 Å². The predicted octanol–water partition coefficient (Wildman–Crippen LogP) is 2.74. The Hall–Kier alpha value is -3.09. The van der Waals surface area contributed by atoms with Gasteiger partial charge in [-0.25, -0.2) is 9.59 Å². The molecule has 0 radical (unpaired) electrons. The number of hydrogen-bond acceptors (Lipinski definition) is 7. The molecular formula is C16H12O7. The maximum Gasteiger partial charge on any atom is 0.516 e. The van der Waals surface area contributed by atoms with E-state index in [9.17, 15) is 14.4 Å². The Labute approximate surface area is 129 Å². The summed E-state index contributed by atoms with van der Waals surface area (Å²) in [4.78, 5) is 35.2. The Kier molecular flexibility index (Phi) is 3.61. The minimum Gasteiger partial charge on any atom is -0.434 e. The van der Waals surface area contributed by atoms with E-state index in [1.165, 1.54) is 6.07 Å². The standard InChI is InChI=1S/C16H12O7/c1-3-20-16(19)23-13-7-10(17)14-11(21-13)5-4-9-8(2)6-12(18)22-15(9)14/h4-7H,3H2,1-2H3. The number of hydrogen-bond donors (Lipinski definition) is 0. The maximum absolute atomic E-state index is 12.3. The summed E-state index contributed by atoms with van der Waals surface area (Å²) in [6.45, 7) is 3.49. The van der Waals surface area contributed by atoms with Gasteiger partial charge in [-0.2, -0.15) is 0 Å². The van der Waals surface area contributed by atoms with Crippen molar-refractivity contribution in [2.75, 3.05) is 6.61 Å². The van der Waals surface area contributed by atoms with E-state index >= 15 is 0 Å². The molecule has 0 aliphatic rings. The van der Waals surface area contributed by atoms with Crippen molar-refractivity contribution in [3.05, 3.63) is 50.5 Å². The van der Waals surface area contributed by atoms with Gasteiger partial charge >= 0.3 is 11.8 Å². The van der Waals surface area contributed by atoms with Gasteiger partial charge in [-0.15, -0.1) is 0 Å². The topological polar surface area (TPSA) is 96.0 Å². The number of rotatable bonds is 2. The van der Waals surface area contributed by atoms with Crippen LogP contribution in [0.15, 0.2) is 42.7 Å². The zero-order chi connectivity index (χ0) is 16.6. The Morgan fingerprint density at radius 2 is 1.96 bits per heavy atom. The third-order valence-corrected chi connectivity index (χ3v) is 3.23. The van der Waals surface area contributed by atoms with Crippen molar-refractivity contribution in [3.63, 3.8) is 0 Å². The minimum absolute atomic E-state index is 0.111. The first-order valence-corrected chi connectivity index (χ1v) is 6.85. The van der Waals surface area contributed by atoms with Gasteiger partial charge in [-0.1, -0.05) is 0 Å². The van der Waals surface area contributed by atoms with Crippen LogP contribution in [-0.2, 0) is 4.74 Å². The molecule has 7 heteroatoms. The first-order chi connectivity index (χ1) is 11.0. The zero-order valence-electron chi connectivity index (χ0n) is 12.4. The number of benzene rings is 1. The van der Waals surface area contributed by atoms with Crippen LogP contribution in [0.25, 0.3) is 21.9 Å². The van der Waals surface area contributed by atoms with Crippen LogP contribution in [0.3, 0.4) is 0 Å². The molecule has 7 nitrogen and oxygen atoms in total. The van der Waals surface area contributed by atoms with Gasteiger partial charge in [-0.05, 0) is 31.5 Å². The average Bonchev–Trinajstić information content (AvgIpc) is 2.46. The van der Waals surface area contributed by atoms with E-state index in [1.807, 2.05) is 0 Å². The normalized spacial score (nSPS) is 10.9. The molecule has 1 aromatic carbocycles. The van der Waals surface area contributed by atoms with Gasteiger partial charge < -0.3 is 18.3 Å². The fourth-order valence-electron chi connectivity index (χ4n) is 2.28. The van der Waals surface area contributed by atoms with Gasteiger partial charge in [0.25, 0.3) is 5.95 Å². The SMILES string of the molecule is CCOC(=O)Oc1cc(=O)c2c(ccc3c(C)cc(=O)oc32)o1. The van der Waals surface area contributed by atoms with Gasteiger partial charge in [0.1, 0.15) is 11.0 Å². The number of ether oxygens (including phenoxy) is 2. The summed E-state index contributed by atoms with van der Waals surface area (Å²) < 4.78 is 19.9. The molecule has 3 rings (SSSR count). The lowest BCUT2D eigenvalue weighted by Crippen LogP contribution is -2.12. The summed E-state index contributed by atoms with van der Waals surface area (Å²) in [5, 5.41) is 0.739. The molecule has 0 N–H and O–H groups in total. The van der Waals surface area contributed by atoms with Crippen LogP contribution in [0.4, 0.5) is 4.79 Å². The molecule has 0 saturated heterocycles. The second-order valence-corrected chi connectivity index (χ2v) is 4.78. The number of carbonyl (C=O) groups is 1. The highest BCUT2D eigenvalue weighted by Crippen LogP contribution is 2.26. The molecule has 0 bridgehead atoms. The number of aryl methyl sites for hydroxylation is 1. The number of fused-ring (bicyclic) bond motifs is 3. The van der Waals surface area contributed by atoms with Gasteiger partial charge in [0.2, 0.25) is 5.43 Å². The Morgan fingerprint density at radius 1 is 1.17 bits per heavy atom. The van der Waals surface area contributed by atoms with Crippen molar-refractivity contribution in [3.8, 4) is 5.95 Å². The van der Waals surface area contributed by atoms with E-state index in [-0.39, 0.29) is 29.1 Å². The molecule has 0 saturated carbocycles. The van der Waals surface area contributed by atoms with Crippen molar-refractivity contribution in [2.24, 2.45) is 0 Å². The van der Waals surface area contributed by atoms with Crippen molar-refractivity contribution < 1.29 is 23.1 Å². The van der Waals surface area contributed by atoms with Crippen molar-refractivity contribution in [1.29, 1.82) is 0 Å². The molecule has 23 heavy (non-hydrogen) atoms. The summed E-state index contributed by atoms with van der Waals surface area (Å²) in [6, 6.07) is 5.55. The van der Waals surface area contributed by atoms with E-state index in [2.05, 4.69) is 4.74 Å². The van der Waals surface area contributed by atoms with E-state index in [0.29, 0.717) is 10.9 Å². The fourth-order valence-corrected chi connectivity index (χ4v) is 2.28. The second kappa shape index (κ2) is 5.60. The summed E-state index contributed by atoms with van der Waals surface area (Å²) in [7, 11) is 0. The third-order valence-electron chi connectivity index (χ3n) is 3.23. The lowest BCUT2D eigenvalue weighted by molar-refractivity contribution is 0.0951. The monoisotopic (exact) mass is 316 g/mol. The molecule has 2 aromatic heterocycles. The molecule has 0 atom stereocenters. The molecule has 0 spiro atoms. The summed E-state index contributed by atoms with van der Waals surface area (Å²) >= 11 is 0. The van der Waals surface area contributed by atoms with Crippen molar-refractivity contribution >= 4 is 28.1 Å². The highest BCUT2D eigenvalue weighted by molar-refractivity contribution is 6.02. The molecular weight excluding hydrogens is 304 g/mol. The van der Waals surface area contributed by atoms with Gasteiger partial charge in [0.15, 0.2) is 5.58 Å². The fraction of sp³-hybridized carbons (Fsp3) is 0.188. The van der Waals surface area contributed by atoms with E-state index in [0.717, 1.165) is 6.07 Å². The molecule has 0 unspecified atom stereocenters. The smallest absolute Gasteiger partial charge is 0.434 e. The lowest BCUT2D eigenvalue weighted by Gasteiger charge is -2.06. The molecule has 3 aromatic rings. The highest BCUT2D eigenvalue weighted by Gasteiger charge is 2.15. The minimum atomic E-state index is -0.974. The van der Waals surface area contributed by atoms with Crippen molar-refractivity contribution in [2.45, 2.75) is 13.8 Å². The van der Waals surface area contributed by atoms with Crippen LogP contribution < -0.4 is 15.8 Å². The summed E-state index contributed by atoms with van der Waals surface area (Å²) in [5.74, 6) is -0.296. The first-order valence-electron chi connectivity index (χ1n) is 6.85. The summed E-state index contributed by atoms with van der Waals surface area (Å²) in [6.07, 6.45) is -0.974. The van der Waals surface area contributed by atoms with Crippen molar-refractivity contribution in [1.82, 2.24) is 0 Å². The second-order valence-electron chi connectivity index (χ2n) is 4.78. The molecule has 0 amide bonds. The van der Waals surface area contributed by atoms with E-state index < -0.39 is 17.2 Å². The van der Waals surface area contributed by atoms with Crippen LogP contribution in [0.1, 0.15) is 12.5 Å². The Bertz CT molecular complexity index is 1030. The van der Waals surface area contributed by atoms with Crippen LogP contribution in [-0.4, -0.2) is 12.8 Å². The largest absolute Gasteiger partial charge is 0.516 e. The zero-order valence-corrected chi connectivity index (χ0v) is 12.4. The van der Waals surface area contributed by atoms with E-state index in [1.54, 1.807) is 26.0 Å². The number of carbonyl (C=O) groups excluding carboxylic acids is 1. The Balaban J connectivity index is 2.24. The highest BCUT2D eigenvalue weighted by atomic mass is 16.8. The third kappa shape index (κ3) is 2.68. The first kappa shape index (κ1) is 14.8. The van der Waals surface area contributed by atoms with Crippen LogP contribution >= 0.6 is 0 Å². The Morgan fingerprint density at radius 3 is 2.70 bits per heavy atom. The molecule has 118 valence electrons. The quantitative estimate of drug-likeness (QED) is 0.407. The predicted molar refractivity (Wildman–Crippen MR) is 80.9 cm³/mol. The average molecular weight is 316 g/mol. The van der Waals surface area contributed by atoms with Gasteiger partial charge in [0, 0.05) is 11.5 Å². The summed E-state index contributed by atoms with van der Waals surface area (Å²) in [5.41, 5.74) is -0.0926. The van der Waals surface area contributed by atoms with Crippen LogP contribution in [0.5, 0.6) is 5.95 Å². The lowest BCUT2D eigenvalue weighted by atomic mass is 10.1. The maximum atomic E-state index is 12.3. The molecule has 0 aliphatic carbocycles. The van der Waals surface area contributed by atoms with Crippen LogP contribution in [0, 0.1) is 6.92 Å².